The summed E-state index contributed by atoms with van der Waals surface area (Å²) in [6.07, 6.45) is 2.58. The molecule has 2 aromatic carbocycles. The molecule has 2 heterocycles. The highest BCUT2D eigenvalue weighted by Crippen LogP contribution is 2.26. The van der Waals surface area contributed by atoms with Gasteiger partial charge in [0.1, 0.15) is 11.9 Å². The predicted molar refractivity (Wildman–Crippen MR) is 120 cm³/mol. The minimum atomic E-state index is -3.89. The molecule has 0 radical (unpaired) electrons. The lowest BCUT2D eigenvalue weighted by Gasteiger charge is -2.23. The number of aromatic nitrogens is 1. The number of rotatable bonds is 6. The van der Waals surface area contributed by atoms with Crippen LogP contribution in [0.1, 0.15) is 18.4 Å². The molecule has 9 heteroatoms. The van der Waals surface area contributed by atoms with Crippen molar-refractivity contribution in [2.24, 2.45) is 0 Å². The molecule has 1 aliphatic rings. The summed E-state index contributed by atoms with van der Waals surface area (Å²) in [7, 11) is -3.89. The fourth-order valence-corrected chi connectivity index (χ4v) is 5.49. The van der Waals surface area contributed by atoms with Gasteiger partial charge in [0.2, 0.25) is 15.9 Å². The van der Waals surface area contributed by atoms with Crippen molar-refractivity contribution < 1.29 is 17.6 Å². The molecule has 6 nitrogen and oxygen atoms in total. The van der Waals surface area contributed by atoms with Crippen molar-refractivity contribution >= 4 is 27.5 Å². The van der Waals surface area contributed by atoms with Gasteiger partial charge in [0.25, 0.3) is 0 Å². The number of hydrogen-bond acceptors (Lipinski definition) is 4. The molecule has 0 spiro atoms. The van der Waals surface area contributed by atoms with Gasteiger partial charge in [0.05, 0.1) is 15.6 Å². The molecular formula is C23H21ClFN3O3S. The molecular weight excluding hydrogens is 453 g/mol. The number of nitrogens with one attached hydrogen (secondary N) is 1. The third-order valence-electron chi connectivity index (χ3n) is 5.34. The maximum absolute atomic E-state index is 13.2. The molecule has 0 unspecified atom stereocenters. The van der Waals surface area contributed by atoms with Gasteiger partial charge in [0, 0.05) is 24.8 Å². The number of sulfonamides is 1. The van der Waals surface area contributed by atoms with E-state index in [1.54, 1.807) is 12.3 Å². The summed E-state index contributed by atoms with van der Waals surface area (Å²) >= 11 is 5.89. The zero-order valence-electron chi connectivity index (χ0n) is 17.0. The first-order valence-electron chi connectivity index (χ1n) is 10.1. The van der Waals surface area contributed by atoms with E-state index in [-0.39, 0.29) is 23.9 Å². The van der Waals surface area contributed by atoms with Gasteiger partial charge < -0.3 is 5.32 Å². The highest BCUT2D eigenvalue weighted by molar-refractivity contribution is 7.89. The number of carbonyl (C=O) groups excluding carboxylic acids is 1. The van der Waals surface area contributed by atoms with Crippen LogP contribution in [0.5, 0.6) is 0 Å². The van der Waals surface area contributed by atoms with E-state index >= 15 is 0 Å². The average molecular weight is 474 g/mol. The van der Waals surface area contributed by atoms with Crippen LogP contribution in [0.4, 0.5) is 4.39 Å². The second-order valence-electron chi connectivity index (χ2n) is 7.51. The molecule has 1 N–H and O–H groups in total. The number of benzene rings is 2. The molecule has 1 fully saturated rings. The molecule has 1 amide bonds. The van der Waals surface area contributed by atoms with Crippen LogP contribution in [-0.2, 0) is 21.4 Å². The number of nitrogens with zero attached hydrogens (tertiary/aromatic N) is 2. The van der Waals surface area contributed by atoms with Crippen LogP contribution in [0.15, 0.2) is 71.8 Å². The zero-order chi connectivity index (χ0) is 22.7. The topological polar surface area (TPSA) is 79.4 Å². The van der Waals surface area contributed by atoms with Crippen LogP contribution in [0, 0.1) is 5.82 Å². The number of halogens is 2. The largest absolute Gasteiger partial charge is 0.351 e. The summed E-state index contributed by atoms with van der Waals surface area (Å²) in [5.41, 5.74) is 2.50. The Hall–Kier alpha value is -2.81. The van der Waals surface area contributed by atoms with Gasteiger partial charge in [-0.15, -0.1) is 0 Å². The Balaban J connectivity index is 1.45. The fraction of sp³-hybridized carbons (Fsp3) is 0.217. The molecule has 0 saturated carbocycles. The van der Waals surface area contributed by atoms with E-state index in [1.165, 1.54) is 16.4 Å². The van der Waals surface area contributed by atoms with Gasteiger partial charge >= 0.3 is 0 Å². The monoisotopic (exact) mass is 473 g/mol. The standard InChI is InChI=1S/C23H21ClFN3O3S/c24-18-6-11-21(26-15-18)17-4-1-3-16(13-17)14-27-23(29)22-5-2-12-28(22)32(30,31)20-9-7-19(25)8-10-20/h1,3-4,6-11,13,15,22H,2,5,12,14H2,(H,27,29)/t22-/m0/s1. The first-order chi connectivity index (χ1) is 15.3. The van der Waals surface area contributed by atoms with Gasteiger partial charge in [-0.3, -0.25) is 9.78 Å². The van der Waals surface area contributed by atoms with Crippen LogP contribution in [0.25, 0.3) is 11.3 Å². The Morgan fingerprint density at radius 1 is 1.16 bits per heavy atom. The molecule has 0 aliphatic carbocycles. The van der Waals surface area contributed by atoms with Crippen LogP contribution in [0.2, 0.25) is 5.02 Å². The van der Waals surface area contributed by atoms with E-state index in [9.17, 15) is 17.6 Å². The van der Waals surface area contributed by atoms with Crippen molar-refractivity contribution in [2.45, 2.75) is 30.3 Å². The number of amides is 1. The summed E-state index contributed by atoms with van der Waals surface area (Å²) in [6, 6.07) is 15.0. The van der Waals surface area contributed by atoms with Gasteiger partial charge in [0.15, 0.2) is 0 Å². The minimum Gasteiger partial charge on any atom is -0.351 e. The summed E-state index contributed by atoms with van der Waals surface area (Å²) in [6.45, 7) is 0.497. The summed E-state index contributed by atoms with van der Waals surface area (Å²) in [4.78, 5) is 17.1. The van der Waals surface area contributed by atoms with Crippen molar-refractivity contribution in [3.05, 3.63) is 83.3 Å². The van der Waals surface area contributed by atoms with E-state index in [4.69, 9.17) is 11.6 Å². The summed E-state index contributed by atoms with van der Waals surface area (Å²) < 4.78 is 40.3. The summed E-state index contributed by atoms with van der Waals surface area (Å²) in [5, 5.41) is 3.39. The molecule has 32 heavy (non-hydrogen) atoms. The third-order valence-corrected chi connectivity index (χ3v) is 7.49. The first-order valence-corrected chi connectivity index (χ1v) is 11.9. The van der Waals surface area contributed by atoms with Crippen molar-refractivity contribution in [1.29, 1.82) is 0 Å². The van der Waals surface area contributed by atoms with E-state index in [2.05, 4.69) is 10.3 Å². The van der Waals surface area contributed by atoms with Crippen LogP contribution in [-0.4, -0.2) is 36.2 Å². The molecule has 1 aliphatic heterocycles. The summed E-state index contributed by atoms with van der Waals surface area (Å²) in [5.74, 6) is -0.876. The SMILES string of the molecule is O=C(NCc1cccc(-c2ccc(Cl)cn2)c1)[C@@H]1CCCN1S(=O)(=O)c1ccc(F)cc1. The van der Waals surface area contributed by atoms with Crippen molar-refractivity contribution in [1.82, 2.24) is 14.6 Å². The molecule has 1 atom stereocenters. The van der Waals surface area contributed by atoms with Crippen molar-refractivity contribution in [2.75, 3.05) is 6.54 Å². The Morgan fingerprint density at radius 3 is 2.66 bits per heavy atom. The molecule has 1 aromatic heterocycles. The van der Waals surface area contributed by atoms with E-state index in [0.717, 1.165) is 29.0 Å². The normalized spacial score (nSPS) is 16.8. The molecule has 3 aromatic rings. The Bertz CT molecular complexity index is 1220. The predicted octanol–water partition coefficient (Wildman–Crippen LogP) is 4.01. The second kappa shape index (κ2) is 9.36. The smallest absolute Gasteiger partial charge is 0.243 e. The van der Waals surface area contributed by atoms with E-state index in [1.807, 2.05) is 30.3 Å². The van der Waals surface area contributed by atoms with Gasteiger partial charge in [-0.05, 0) is 60.9 Å². The number of pyridine rings is 1. The average Bonchev–Trinajstić information content (AvgIpc) is 3.30. The minimum absolute atomic E-state index is 0.0261. The van der Waals surface area contributed by atoms with E-state index < -0.39 is 21.9 Å². The maximum Gasteiger partial charge on any atom is 0.243 e. The molecule has 166 valence electrons. The maximum atomic E-state index is 13.2. The van der Waals surface area contributed by atoms with Gasteiger partial charge in [-0.25, -0.2) is 12.8 Å². The van der Waals surface area contributed by atoms with Crippen LogP contribution < -0.4 is 5.32 Å². The Labute approximate surface area is 191 Å². The van der Waals surface area contributed by atoms with Crippen molar-refractivity contribution in [3.63, 3.8) is 0 Å². The lowest BCUT2D eigenvalue weighted by molar-refractivity contribution is -0.124. The fourth-order valence-electron chi connectivity index (χ4n) is 3.73. The highest BCUT2D eigenvalue weighted by atomic mass is 35.5. The molecule has 1 saturated heterocycles. The van der Waals surface area contributed by atoms with Crippen LogP contribution in [0.3, 0.4) is 0 Å². The van der Waals surface area contributed by atoms with Gasteiger partial charge in [-0.2, -0.15) is 4.31 Å². The molecule has 0 bridgehead atoms. The number of hydrogen-bond donors (Lipinski definition) is 1. The lowest BCUT2D eigenvalue weighted by atomic mass is 10.1. The zero-order valence-corrected chi connectivity index (χ0v) is 18.6. The lowest BCUT2D eigenvalue weighted by Crippen LogP contribution is -2.45. The molecule has 4 rings (SSSR count). The Kier molecular flexibility index (Phi) is 6.55. The quantitative estimate of drug-likeness (QED) is 0.586. The highest BCUT2D eigenvalue weighted by Gasteiger charge is 2.39. The van der Waals surface area contributed by atoms with Crippen LogP contribution >= 0.6 is 11.6 Å². The Morgan fingerprint density at radius 2 is 1.94 bits per heavy atom. The van der Waals surface area contributed by atoms with Gasteiger partial charge in [-0.1, -0.05) is 29.8 Å². The number of carbonyl (C=O) groups is 1. The van der Waals surface area contributed by atoms with Crippen molar-refractivity contribution in [3.8, 4) is 11.3 Å². The first kappa shape index (κ1) is 22.4. The third kappa shape index (κ3) is 4.82. The van der Waals surface area contributed by atoms with E-state index in [0.29, 0.717) is 17.9 Å². The second-order valence-corrected chi connectivity index (χ2v) is 9.83.